The van der Waals surface area contributed by atoms with Crippen LogP contribution in [0.4, 0.5) is 0 Å². The summed E-state index contributed by atoms with van der Waals surface area (Å²) < 4.78 is 11.9. The summed E-state index contributed by atoms with van der Waals surface area (Å²) >= 11 is 3.40. The topological polar surface area (TPSA) is 79.3 Å². The lowest BCUT2D eigenvalue weighted by molar-refractivity contribution is -0.140. The second-order valence-electron chi connectivity index (χ2n) is 9.51. The van der Waals surface area contributed by atoms with Gasteiger partial charge in [-0.25, -0.2) is 0 Å². The molecule has 3 rings (SSSR count). The second-order valence-corrected chi connectivity index (χ2v) is 10.4. The van der Waals surface area contributed by atoms with E-state index in [1.807, 2.05) is 0 Å². The first-order chi connectivity index (χ1) is 18.4. The molecule has 1 amide bonds. The highest BCUT2D eigenvalue weighted by molar-refractivity contribution is 9.10. The van der Waals surface area contributed by atoms with E-state index in [-0.39, 0.29) is 11.3 Å². The Morgan fingerprint density at radius 3 is 2.16 bits per heavy atom. The monoisotopic (exact) mass is 586 g/mol. The van der Waals surface area contributed by atoms with Gasteiger partial charge in [0.15, 0.2) is 0 Å². The summed E-state index contributed by atoms with van der Waals surface area (Å²) in [7, 11) is 3.11. The number of ketones is 1. The van der Waals surface area contributed by atoms with E-state index in [1.54, 1.807) is 61.6 Å². The largest absolute Gasteiger partial charge is 0.507 e. The van der Waals surface area contributed by atoms with Crippen LogP contribution in [-0.2, 0) is 9.59 Å². The van der Waals surface area contributed by atoms with E-state index in [2.05, 4.69) is 34.7 Å². The van der Waals surface area contributed by atoms with Crippen LogP contribution < -0.4 is 9.47 Å². The smallest absolute Gasteiger partial charge is 0.295 e. The molecule has 1 saturated heterocycles. The molecule has 0 radical (unpaired) electrons. The highest BCUT2D eigenvalue weighted by Gasteiger charge is 2.46. The number of carbonyl (C=O) groups is 2. The summed E-state index contributed by atoms with van der Waals surface area (Å²) in [5, 5.41) is 11.3. The predicted molar refractivity (Wildman–Crippen MR) is 154 cm³/mol. The van der Waals surface area contributed by atoms with E-state index in [9.17, 15) is 14.7 Å². The summed E-state index contributed by atoms with van der Waals surface area (Å²) in [4.78, 5) is 30.8. The van der Waals surface area contributed by atoms with E-state index in [0.29, 0.717) is 35.6 Å². The van der Waals surface area contributed by atoms with Gasteiger partial charge in [0.05, 0.1) is 25.8 Å². The minimum atomic E-state index is -0.778. The number of nitrogens with zero attached hydrogens (tertiary/aromatic N) is 2. The third kappa shape index (κ3) is 6.97. The quantitative estimate of drug-likeness (QED) is 0.162. The Labute approximate surface area is 234 Å². The molecule has 38 heavy (non-hydrogen) atoms. The zero-order valence-corrected chi connectivity index (χ0v) is 24.4. The van der Waals surface area contributed by atoms with Crippen LogP contribution in [0.25, 0.3) is 5.76 Å². The van der Waals surface area contributed by atoms with E-state index >= 15 is 0 Å². The molecule has 206 valence electrons. The second kappa shape index (κ2) is 14.4. The number of unbranched alkanes of at least 4 members (excludes halogenated alkanes) is 2. The molecule has 0 aromatic heterocycles. The molecule has 0 spiro atoms. The lowest BCUT2D eigenvalue weighted by atomic mass is 9.94. The molecule has 1 aliphatic heterocycles. The number of Topliss-reactive ketones (excluding diaryl/α,β-unsaturated/α-hetero) is 1. The molecule has 7 nitrogen and oxygen atoms in total. The van der Waals surface area contributed by atoms with E-state index in [4.69, 9.17) is 9.47 Å². The summed E-state index contributed by atoms with van der Waals surface area (Å²) in [6.45, 7) is 7.64. The van der Waals surface area contributed by atoms with Crippen molar-refractivity contribution in [3.63, 3.8) is 0 Å². The van der Waals surface area contributed by atoms with E-state index in [0.717, 1.165) is 49.8 Å². The molecule has 1 fully saturated rings. The maximum atomic E-state index is 13.4. The van der Waals surface area contributed by atoms with Crippen LogP contribution in [0.5, 0.6) is 11.5 Å². The van der Waals surface area contributed by atoms with Crippen molar-refractivity contribution in [1.29, 1.82) is 0 Å². The Hall–Kier alpha value is -2.84. The van der Waals surface area contributed by atoms with Crippen molar-refractivity contribution < 1.29 is 24.2 Å². The van der Waals surface area contributed by atoms with Crippen LogP contribution in [0, 0.1) is 0 Å². The van der Waals surface area contributed by atoms with E-state index in [1.165, 1.54) is 0 Å². The van der Waals surface area contributed by atoms with Gasteiger partial charge in [0.2, 0.25) is 0 Å². The molecule has 0 saturated carbocycles. The summed E-state index contributed by atoms with van der Waals surface area (Å²) in [5.74, 6) is -0.426. The fraction of sp³-hybridized carbons (Fsp3) is 0.467. The van der Waals surface area contributed by atoms with Gasteiger partial charge in [-0.1, -0.05) is 54.8 Å². The third-order valence-electron chi connectivity index (χ3n) is 6.92. The van der Waals surface area contributed by atoms with Crippen molar-refractivity contribution in [1.82, 2.24) is 9.80 Å². The third-order valence-corrected chi connectivity index (χ3v) is 7.45. The number of ether oxygens (including phenoxy) is 2. The Morgan fingerprint density at radius 1 is 0.947 bits per heavy atom. The Balaban J connectivity index is 2.00. The molecule has 1 N–H and O–H groups in total. The summed E-state index contributed by atoms with van der Waals surface area (Å²) in [6, 6.07) is 11.5. The number of likely N-dealkylation sites (tertiary alicyclic amines) is 1. The SMILES string of the molecule is CCCCN(CCCC)CCCN1C(=O)C(=O)/C(=C(/O)c2ccc(Br)cc2)C1c1ccc(OC)cc1OC. The molecular formula is C30H39BrN2O5. The minimum Gasteiger partial charge on any atom is -0.507 e. The van der Waals surface area contributed by atoms with Crippen LogP contribution in [-0.4, -0.2) is 67.0 Å². The van der Waals surface area contributed by atoms with Gasteiger partial charge in [0, 0.05) is 28.2 Å². The number of benzene rings is 2. The number of methoxy groups -OCH3 is 2. The molecule has 0 aliphatic carbocycles. The fourth-order valence-electron chi connectivity index (χ4n) is 4.81. The van der Waals surface area contributed by atoms with Crippen LogP contribution in [0.1, 0.15) is 63.1 Å². The van der Waals surface area contributed by atoms with Crippen LogP contribution >= 0.6 is 15.9 Å². The Kier molecular flexibility index (Phi) is 11.2. The molecule has 1 aliphatic rings. The number of carbonyl (C=O) groups excluding carboxylic acids is 2. The highest BCUT2D eigenvalue weighted by Crippen LogP contribution is 2.43. The zero-order valence-electron chi connectivity index (χ0n) is 22.8. The number of hydrogen-bond acceptors (Lipinski definition) is 6. The van der Waals surface area contributed by atoms with Gasteiger partial charge in [0.1, 0.15) is 17.3 Å². The first-order valence-electron chi connectivity index (χ1n) is 13.3. The molecular weight excluding hydrogens is 548 g/mol. The van der Waals surface area contributed by atoms with Crippen LogP contribution in [0.2, 0.25) is 0 Å². The molecule has 8 heteroatoms. The minimum absolute atomic E-state index is 0.0645. The number of halogens is 1. The maximum Gasteiger partial charge on any atom is 0.295 e. The molecule has 2 aromatic carbocycles. The van der Waals surface area contributed by atoms with Gasteiger partial charge >= 0.3 is 0 Å². The lowest BCUT2D eigenvalue weighted by Gasteiger charge is -2.28. The van der Waals surface area contributed by atoms with Gasteiger partial charge in [-0.05, 0) is 63.2 Å². The average molecular weight is 588 g/mol. The maximum absolute atomic E-state index is 13.4. The molecule has 1 heterocycles. The average Bonchev–Trinajstić information content (AvgIpc) is 3.18. The normalized spacial score (nSPS) is 16.9. The van der Waals surface area contributed by atoms with Crippen LogP contribution in [0.15, 0.2) is 52.5 Å². The molecule has 1 atom stereocenters. The molecule has 2 aromatic rings. The predicted octanol–water partition coefficient (Wildman–Crippen LogP) is 6.18. The van der Waals surface area contributed by atoms with Crippen molar-refractivity contribution in [3.8, 4) is 11.5 Å². The van der Waals surface area contributed by atoms with E-state index < -0.39 is 17.7 Å². The summed E-state index contributed by atoms with van der Waals surface area (Å²) in [5.41, 5.74) is 1.16. The number of rotatable bonds is 14. The van der Waals surface area contributed by atoms with Gasteiger partial charge < -0.3 is 24.4 Å². The highest BCUT2D eigenvalue weighted by atomic mass is 79.9. The standard InChI is InChI=1S/C30H39BrN2O5/c1-5-7-16-32(17-8-6-2)18-9-19-33-27(24-15-14-23(37-3)20-25(24)38-4)26(29(35)30(33)36)28(34)21-10-12-22(31)13-11-21/h10-15,20,27,34H,5-9,16-19H2,1-4H3/b28-26+. The van der Waals surface area contributed by atoms with Gasteiger partial charge in [0.25, 0.3) is 11.7 Å². The number of aliphatic hydroxyl groups is 1. The van der Waals surface area contributed by atoms with Crippen LogP contribution in [0.3, 0.4) is 0 Å². The van der Waals surface area contributed by atoms with Crippen molar-refractivity contribution >= 4 is 33.4 Å². The molecule has 1 unspecified atom stereocenters. The van der Waals surface area contributed by atoms with Crippen molar-refractivity contribution in [2.75, 3.05) is 40.4 Å². The van der Waals surface area contributed by atoms with Gasteiger partial charge in [-0.2, -0.15) is 0 Å². The van der Waals surface area contributed by atoms with Crippen molar-refractivity contribution in [2.45, 2.75) is 52.0 Å². The lowest BCUT2D eigenvalue weighted by Crippen LogP contribution is -2.34. The van der Waals surface area contributed by atoms with Crippen molar-refractivity contribution in [3.05, 3.63) is 63.6 Å². The first kappa shape index (κ1) is 29.7. The first-order valence-corrected chi connectivity index (χ1v) is 14.1. The van der Waals surface area contributed by atoms with Gasteiger partial charge in [-0.15, -0.1) is 0 Å². The number of aliphatic hydroxyl groups excluding tert-OH is 1. The fourth-order valence-corrected chi connectivity index (χ4v) is 5.07. The molecule has 0 bridgehead atoms. The number of hydrogen-bond donors (Lipinski definition) is 1. The Morgan fingerprint density at radius 2 is 1.58 bits per heavy atom. The number of amides is 1. The Bertz CT molecular complexity index is 1120. The summed E-state index contributed by atoms with van der Waals surface area (Å²) in [6.07, 6.45) is 5.23. The zero-order chi connectivity index (χ0) is 27.7. The van der Waals surface area contributed by atoms with Gasteiger partial charge in [-0.3, -0.25) is 9.59 Å². The van der Waals surface area contributed by atoms with Crippen molar-refractivity contribution in [2.24, 2.45) is 0 Å².